The summed E-state index contributed by atoms with van der Waals surface area (Å²) >= 11 is 12.0. The highest BCUT2D eigenvalue weighted by Gasteiger charge is 2.18. The maximum absolute atomic E-state index is 11.2. The minimum absolute atomic E-state index is 0.0340. The number of aromatic carboxylic acids is 1. The topological polar surface area (TPSA) is 76.2 Å². The van der Waals surface area contributed by atoms with Crippen molar-refractivity contribution in [2.24, 2.45) is 0 Å². The first-order valence-electron chi connectivity index (χ1n) is 4.94. The van der Waals surface area contributed by atoms with Gasteiger partial charge in [-0.3, -0.25) is 0 Å². The number of carboxylic acid groups (broad SMARTS) is 1. The number of nitrogen functional groups attached to an aromatic ring is 1. The highest BCUT2D eigenvalue weighted by Crippen LogP contribution is 2.37. The van der Waals surface area contributed by atoms with Crippen LogP contribution in [-0.4, -0.2) is 16.1 Å². The van der Waals surface area contributed by atoms with Crippen LogP contribution in [0.4, 0.5) is 5.82 Å². The lowest BCUT2D eigenvalue weighted by Crippen LogP contribution is -2.04. The van der Waals surface area contributed by atoms with Crippen LogP contribution in [0.2, 0.25) is 10.0 Å². The van der Waals surface area contributed by atoms with Crippen molar-refractivity contribution in [3.8, 4) is 11.1 Å². The number of hydrogen-bond donors (Lipinski definition) is 2. The third-order valence-corrected chi connectivity index (χ3v) is 3.25. The minimum Gasteiger partial charge on any atom is -0.478 e. The summed E-state index contributed by atoms with van der Waals surface area (Å²) in [5.41, 5.74) is 6.49. The molecule has 18 heavy (non-hydrogen) atoms. The zero-order valence-corrected chi connectivity index (χ0v) is 10.5. The van der Waals surface area contributed by atoms with Crippen molar-refractivity contribution in [2.45, 2.75) is 0 Å². The van der Waals surface area contributed by atoms with Crippen molar-refractivity contribution in [1.82, 2.24) is 4.98 Å². The Morgan fingerprint density at radius 2 is 2.00 bits per heavy atom. The first-order valence-corrected chi connectivity index (χ1v) is 5.70. The van der Waals surface area contributed by atoms with Gasteiger partial charge in [-0.05, 0) is 12.1 Å². The Labute approximate surface area is 113 Å². The van der Waals surface area contributed by atoms with Crippen LogP contribution in [0.15, 0.2) is 30.5 Å². The van der Waals surface area contributed by atoms with Crippen LogP contribution in [0.3, 0.4) is 0 Å². The Bertz CT molecular complexity index is 629. The van der Waals surface area contributed by atoms with E-state index in [-0.39, 0.29) is 22.0 Å². The molecule has 0 saturated carbocycles. The fourth-order valence-electron chi connectivity index (χ4n) is 1.64. The van der Waals surface area contributed by atoms with Crippen molar-refractivity contribution in [2.75, 3.05) is 5.73 Å². The van der Waals surface area contributed by atoms with Gasteiger partial charge in [-0.1, -0.05) is 35.3 Å². The number of carboxylic acids is 1. The number of anilines is 1. The summed E-state index contributed by atoms with van der Waals surface area (Å²) in [6.45, 7) is 0. The van der Waals surface area contributed by atoms with Crippen molar-refractivity contribution in [3.63, 3.8) is 0 Å². The first-order chi connectivity index (χ1) is 8.52. The van der Waals surface area contributed by atoms with E-state index in [0.717, 1.165) is 0 Å². The van der Waals surface area contributed by atoms with Crippen LogP contribution >= 0.6 is 23.2 Å². The Morgan fingerprint density at radius 1 is 1.28 bits per heavy atom. The van der Waals surface area contributed by atoms with E-state index in [9.17, 15) is 4.79 Å². The van der Waals surface area contributed by atoms with E-state index < -0.39 is 5.97 Å². The summed E-state index contributed by atoms with van der Waals surface area (Å²) in [4.78, 5) is 15.1. The molecule has 0 aliphatic heterocycles. The van der Waals surface area contributed by atoms with Gasteiger partial charge in [0.15, 0.2) is 0 Å². The average molecular weight is 283 g/mol. The molecule has 2 rings (SSSR count). The number of nitrogens with zero attached hydrogens (tertiary/aromatic N) is 1. The monoisotopic (exact) mass is 282 g/mol. The van der Waals surface area contributed by atoms with Crippen LogP contribution in [0.1, 0.15) is 10.4 Å². The molecule has 0 aliphatic rings. The number of carbonyl (C=O) groups is 1. The molecule has 0 saturated heterocycles. The summed E-state index contributed by atoms with van der Waals surface area (Å²) in [7, 11) is 0. The maximum Gasteiger partial charge on any atom is 0.336 e. The van der Waals surface area contributed by atoms with E-state index in [4.69, 9.17) is 34.0 Å². The molecule has 0 unspecified atom stereocenters. The minimum atomic E-state index is -1.10. The van der Waals surface area contributed by atoms with Crippen LogP contribution < -0.4 is 5.73 Å². The zero-order chi connectivity index (χ0) is 13.3. The SMILES string of the molecule is Nc1nccc(C(=O)O)c1-c1cccc(Cl)c1Cl. The van der Waals surface area contributed by atoms with Gasteiger partial charge < -0.3 is 10.8 Å². The molecule has 1 aromatic heterocycles. The fraction of sp³-hybridized carbons (Fsp3) is 0. The molecule has 92 valence electrons. The standard InChI is InChI=1S/C12H8Cl2N2O2/c13-8-3-1-2-6(10(8)14)9-7(12(17)18)4-5-16-11(9)15/h1-5H,(H2,15,16)(H,17,18). The van der Waals surface area contributed by atoms with Crippen LogP contribution in [-0.2, 0) is 0 Å². The van der Waals surface area contributed by atoms with Gasteiger partial charge in [0, 0.05) is 17.3 Å². The maximum atomic E-state index is 11.2. The predicted octanol–water partition coefficient (Wildman–Crippen LogP) is 3.34. The molecule has 0 atom stereocenters. The number of hydrogen-bond acceptors (Lipinski definition) is 3. The van der Waals surface area contributed by atoms with Crippen LogP contribution in [0.5, 0.6) is 0 Å². The number of pyridine rings is 1. The molecule has 3 N–H and O–H groups in total. The Hall–Kier alpha value is -1.78. The molecule has 6 heteroatoms. The summed E-state index contributed by atoms with van der Waals surface area (Å²) in [5.74, 6) is -1.01. The third kappa shape index (κ3) is 2.12. The lowest BCUT2D eigenvalue weighted by Gasteiger charge is -2.11. The molecule has 0 bridgehead atoms. The predicted molar refractivity (Wildman–Crippen MR) is 71.1 cm³/mol. The summed E-state index contributed by atoms with van der Waals surface area (Å²) in [6.07, 6.45) is 1.33. The Kier molecular flexibility index (Phi) is 3.41. The largest absolute Gasteiger partial charge is 0.478 e. The molecule has 1 aromatic carbocycles. The van der Waals surface area contributed by atoms with E-state index in [1.807, 2.05) is 0 Å². The highest BCUT2D eigenvalue weighted by molar-refractivity contribution is 6.43. The van der Waals surface area contributed by atoms with E-state index in [2.05, 4.69) is 4.98 Å². The number of benzene rings is 1. The number of aromatic nitrogens is 1. The molecule has 0 fully saturated rings. The van der Waals surface area contributed by atoms with E-state index in [0.29, 0.717) is 10.6 Å². The lowest BCUT2D eigenvalue weighted by molar-refractivity contribution is 0.0697. The van der Waals surface area contributed by atoms with Crippen LogP contribution in [0.25, 0.3) is 11.1 Å². The van der Waals surface area contributed by atoms with Crippen molar-refractivity contribution < 1.29 is 9.90 Å². The smallest absolute Gasteiger partial charge is 0.336 e. The number of nitrogens with two attached hydrogens (primary N) is 1. The summed E-state index contributed by atoms with van der Waals surface area (Å²) in [6, 6.07) is 6.29. The summed E-state index contributed by atoms with van der Waals surface area (Å²) < 4.78 is 0. The number of rotatable bonds is 2. The van der Waals surface area contributed by atoms with Crippen LogP contribution in [0, 0.1) is 0 Å². The van der Waals surface area contributed by atoms with E-state index in [1.165, 1.54) is 12.3 Å². The summed E-state index contributed by atoms with van der Waals surface area (Å²) in [5, 5.41) is 9.73. The lowest BCUT2D eigenvalue weighted by atomic mass is 10.0. The van der Waals surface area contributed by atoms with Gasteiger partial charge >= 0.3 is 5.97 Å². The number of halogens is 2. The van der Waals surface area contributed by atoms with Gasteiger partial charge in [-0.25, -0.2) is 9.78 Å². The molecule has 2 aromatic rings. The third-order valence-electron chi connectivity index (χ3n) is 2.43. The van der Waals surface area contributed by atoms with Crippen molar-refractivity contribution in [3.05, 3.63) is 46.1 Å². The van der Waals surface area contributed by atoms with E-state index >= 15 is 0 Å². The second-order valence-electron chi connectivity index (χ2n) is 3.53. The first kappa shape index (κ1) is 12.7. The second-order valence-corrected chi connectivity index (χ2v) is 4.31. The fourth-order valence-corrected chi connectivity index (χ4v) is 2.03. The molecule has 1 heterocycles. The molecule has 0 amide bonds. The quantitative estimate of drug-likeness (QED) is 0.886. The molecule has 0 spiro atoms. The molecular weight excluding hydrogens is 275 g/mol. The van der Waals surface area contributed by atoms with Crippen molar-refractivity contribution >= 4 is 35.0 Å². The van der Waals surface area contributed by atoms with Gasteiger partial charge in [0.1, 0.15) is 5.82 Å². The van der Waals surface area contributed by atoms with Gasteiger partial charge in [0.05, 0.1) is 15.6 Å². The Morgan fingerprint density at radius 3 is 2.67 bits per heavy atom. The van der Waals surface area contributed by atoms with Gasteiger partial charge in [0.25, 0.3) is 0 Å². The van der Waals surface area contributed by atoms with Gasteiger partial charge in [-0.15, -0.1) is 0 Å². The molecule has 4 nitrogen and oxygen atoms in total. The molecule has 0 radical (unpaired) electrons. The normalized spacial score (nSPS) is 10.3. The molecular formula is C12H8Cl2N2O2. The second kappa shape index (κ2) is 4.84. The Balaban J connectivity index is 2.78. The highest BCUT2D eigenvalue weighted by atomic mass is 35.5. The molecule has 0 aliphatic carbocycles. The van der Waals surface area contributed by atoms with Gasteiger partial charge in [-0.2, -0.15) is 0 Å². The zero-order valence-electron chi connectivity index (χ0n) is 9.02. The average Bonchev–Trinajstić information content (AvgIpc) is 2.33. The van der Waals surface area contributed by atoms with Gasteiger partial charge in [0.2, 0.25) is 0 Å². The van der Waals surface area contributed by atoms with E-state index in [1.54, 1.807) is 18.2 Å². The van der Waals surface area contributed by atoms with Crippen molar-refractivity contribution in [1.29, 1.82) is 0 Å².